The normalized spacial score (nSPS) is 21.2. The van der Waals surface area contributed by atoms with Crippen molar-refractivity contribution >= 4 is 6.03 Å². The number of hydrogen-bond acceptors (Lipinski definition) is 3. The summed E-state index contributed by atoms with van der Waals surface area (Å²) in [6.45, 7) is 2.56. The van der Waals surface area contributed by atoms with Crippen molar-refractivity contribution in [1.82, 2.24) is 10.6 Å². The predicted molar refractivity (Wildman–Crippen MR) is 68.4 cm³/mol. The van der Waals surface area contributed by atoms with Crippen LogP contribution in [0.4, 0.5) is 4.79 Å². The van der Waals surface area contributed by atoms with Crippen LogP contribution >= 0.6 is 0 Å². The van der Waals surface area contributed by atoms with Crippen molar-refractivity contribution in [2.24, 2.45) is 5.92 Å². The van der Waals surface area contributed by atoms with Gasteiger partial charge in [-0.1, -0.05) is 0 Å². The van der Waals surface area contributed by atoms with E-state index in [0.29, 0.717) is 19.7 Å². The third kappa shape index (κ3) is 4.82. The van der Waals surface area contributed by atoms with Crippen LogP contribution in [-0.4, -0.2) is 43.0 Å². The van der Waals surface area contributed by atoms with Crippen molar-refractivity contribution in [3.63, 3.8) is 0 Å². The van der Waals surface area contributed by atoms with Gasteiger partial charge in [-0.15, -0.1) is 0 Å². The molecule has 2 aliphatic rings. The minimum atomic E-state index is -0.648. The van der Waals surface area contributed by atoms with E-state index in [4.69, 9.17) is 4.74 Å². The second-order valence-electron chi connectivity index (χ2n) is 5.56. The van der Waals surface area contributed by atoms with Gasteiger partial charge in [0.05, 0.1) is 5.60 Å². The molecule has 2 amide bonds. The van der Waals surface area contributed by atoms with Gasteiger partial charge in [0.15, 0.2) is 0 Å². The summed E-state index contributed by atoms with van der Waals surface area (Å²) in [5, 5.41) is 15.3. The molecule has 3 N–H and O–H groups in total. The maximum absolute atomic E-state index is 11.4. The Morgan fingerprint density at radius 2 is 2.11 bits per heavy atom. The van der Waals surface area contributed by atoms with Crippen molar-refractivity contribution < 1.29 is 14.6 Å². The first-order valence-corrected chi connectivity index (χ1v) is 7.00. The summed E-state index contributed by atoms with van der Waals surface area (Å²) in [6, 6.07) is -0.197. The molecule has 0 bridgehead atoms. The Hall–Kier alpha value is -0.810. The van der Waals surface area contributed by atoms with Crippen LogP contribution in [0.5, 0.6) is 0 Å². The topological polar surface area (TPSA) is 70.6 Å². The van der Waals surface area contributed by atoms with E-state index in [9.17, 15) is 9.90 Å². The molecule has 2 rings (SSSR count). The van der Waals surface area contributed by atoms with Crippen molar-refractivity contribution in [2.45, 2.75) is 44.1 Å². The maximum Gasteiger partial charge on any atom is 0.314 e. The van der Waals surface area contributed by atoms with Crippen LogP contribution in [0.25, 0.3) is 0 Å². The Bertz CT molecular complexity index is 275. The molecule has 2 aliphatic carbocycles. The summed E-state index contributed by atoms with van der Waals surface area (Å²) in [5.74, 6) is 0.796. The Morgan fingerprint density at radius 3 is 2.72 bits per heavy atom. The Kier molecular flexibility index (Phi) is 4.83. The molecular formula is C13H24N2O3. The van der Waals surface area contributed by atoms with Crippen molar-refractivity contribution in [1.29, 1.82) is 0 Å². The van der Waals surface area contributed by atoms with Crippen LogP contribution in [0, 0.1) is 5.92 Å². The van der Waals surface area contributed by atoms with Crippen LogP contribution in [0.1, 0.15) is 38.5 Å². The Balaban J connectivity index is 1.39. The summed E-state index contributed by atoms with van der Waals surface area (Å²) in [4.78, 5) is 11.4. The minimum Gasteiger partial charge on any atom is -0.388 e. The lowest BCUT2D eigenvalue weighted by Crippen LogP contribution is -2.50. The van der Waals surface area contributed by atoms with Gasteiger partial charge in [-0.25, -0.2) is 4.79 Å². The lowest BCUT2D eigenvalue weighted by atomic mass is 9.80. The lowest BCUT2D eigenvalue weighted by molar-refractivity contribution is -0.0290. The number of nitrogens with one attached hydrogen (secondary N) is 2. The molecule has 2 saturated carbocycles. The van der Waals surface area contributed by atoms with E-state index in [2.05, 4.69) is 10.6 Å². The molecule has 18 heavy (non-hydrogen) atoms. The summed E-state index contributed by atoms with van der Waals surface area (Å²) < 4.78 is 5.47. The maximum atomic E-state index is 11.4. The number of aliphatic hydroxyl groups is 1. The zero-order chi connectivity index (χ0) is 12.8. The largest absolute Gasteiger partial charge is 0.388 e. The predicted octanol–water partition coefficient (Wildman–Crippen LogP) is 1.02. The molecule has 0 aromatic rings. The van der Waals surface area contributed by atoms with E-state index in [1.54, 1.807) is 0 Å². The van der Waals surface area contributed by atoms with E-state index in [1.165, 1.54) is 12.8 Å². The van der Waals surface area contributed by atoms with Gasteiger partial charge in [-0.2, -0.15) is 0 Å². The number of urea groups is 1. The molecule has 0 saturated heterocycles. The quantitative estimate of drug-likeness (QED) is 0.568. The van der Waals surface area contributed by atoms with E-state index in [1.807, 2.05) is 0 Å². The standard InChI is InChI=1S/C13H24N2O3/c16-12(15-10-13(17)5-1-6-13)14-7-2-8-18-9-11-3-4-11/h11,17H,1-10H2,(H2,14,15,16). The zero-order valence-electron chi connectivity index (χ0n) is 10.9. The van der Waals surface area contributed by atoms with Gasteiger partial charge in [-0.3, -0.25) is 0 Å². The summed E-state index contributed by atoms with van der Waals surface area (Å²) >= 11 is 0. The van der Waals surface area contributed by atoms with Crippen LogP contribution in [0.3, 0.4) is 0 Å². The van der Waals surface area contributed by atoms with E-state index >= 15 is 0 Å². The van der Waals surface area contributed by atoms with Gasteiger partial charge in [0.2, 0.25) is 0 Å². The van der Waals surface area contributed by atoms with Crippen LogP contribution in [0.15, 0.2) is 0 Å². The zero-order valence-corrected chi connectivity index (χ0v) is 10.9. The van der Waals surface area contributed by atoms with Crippen molar-refractivity contribution in [2.75, 3.05) is 26.3 Å². The van der Waals surface area contributed by atoms with Crippen LogP contribution < -0.4 is 10.6 Å². The molecule has 0 aliphatic heterocycles. The van der Waals surface area contributed by atoms with Crippen LogP contribution in [0.2, 0.25) is 0 Å². The second-order valence-corrected chi connectivity index (χ2v) is 5.56. The van der Waals surface area contributed by atoms with E-state index < -0.39 is 5.60 Å². The van der Waals surface area contributed by atoms with Gasteiger partial charge in [0, 0.05) is 26.3 Å². The first kappa shape index (κ1) is 13.6. The number of rotatable bonds is 8. The van der Waals surface area contributed by atoms with Crippen molar-refractivity contribution in [3.8, 4) is 0 Å². The molecule has 0 aromatic heterocycles. The number of ether oxygens (including phenoxy) is 1. The second kappa shape index (κ2) is 6.38. The van der Waals surface area contributed by atoms with Crippen LogP contribution in [-0.2, 0) is 4.74 Å². The molecule has 0 unspecified atom stereocenters. The molecule has 0 heterocycles. The third-order valence-electron chi connectivity index (χ3n) is 3.66. The number of carbonyl (C=O) groups excluding carboxylic acids is 1. The van der Waals surface area contributed by atoms with Gasteiger partial charge < -0.3 is 20.5 Å². The highest BCUT2D eigenvalue weighted by molar-refractivity contribution is 5.73. The molecule has 0 atom stereocenters. The SMILES string of the molecule is O=C(NCCCOCC1CC1)NCC1(O)CCC1. The summed E-state index contributed by atoms with van der Waals surface area (Å²) in [7, 11) is 0. The summed E-state index contributed by atoms with van der Waals surface area (Å²) in [6.07, 6.45) is 6.10. The number of amides is 2. The third-order valence-corrected chi connectivity index (χ3v) is 3.66. The summed E-state index contributed by atoms with van der Waals surface area (Å²) in [5.41, 5.74) is -0.648. The fraction of sp³-hybridized carbons (Fsp3) is 0.923. The number of carbonyl (C=O) groups is 1. The molecule has 5 heteroatoms. The molecule has 2 fully saturated rings. The Labute approximate surface area is 108 Å². The van der Waals surface area contributed by atoms with Gasteiger partial charge >= 0.3 is 6.03 Å². The molecule has 0 aromatic carbocycles. The van der Waals surface area contributed by atoms with Gasteiger partial charge in [0.25, 0.3) is 0 Å². The fourth-order valence-corrected chi connectivity index (χ4v) is 1.98. The molecular weight excluding hydrogens is 232 g/mol. The van der Waals surface area contributed by atoms with E-state index in [-0.39, 0.29) is 6.03 Å². The highest BCUT2D eigenvalue weighted by atomic mass is 16.5. The fourth-order valence-electron chi connectivity index (χ4n) is 1.98. The molecule has 5 nitrogen and oxygen atoms in total. The molecule has 104 valence electrons. The highest BCUT2D eigenvalue weighted by Gasteiger charge is 2.34. The first-order chi connectivity index (χ1) is 8.68. The highest BCUT2D eigenvalue weighted by Crippen LogP contribution is 2.30. The molecule has 0 spiro atoms. The average Bonchev–Trinajstić information content (AvgIpc) is 3.12. The Morgan fingerprint density at radius 1 is 1.33 bits per heavy atom. The average molecular weight is 256 g/mol. The van der Waals surface area contributed by atoms with Crippen molar-refractivity contribution in [3.05, 3.63) is 0 Å². The first-order valence-electron chi connectivity index (χ1n) is 7.00. The molecule has 0 radical (unpaired) electrons. The van der Waals surface area contributed by atoms with Gasteiger partial charge in [-0.05, 0) is 44.4 Å². The smallest absolute Gasteiger partial charge is 0.314 e. The monoisotopic (exact) mass is 256 g/mol. The van der Waals surface area contributed by atoms with Gasteiger partial charge in [0.1, 0.15) is 0 Å². The lowest BCUT2D eigenvalue weighted by Gasteiger charge is -2.36. The number of hydrogen-bond donors (Lipinski definition) is 3. The minimum absolute atomic E-state index is 0.197. The van der Waals surface area contributed by atoms with E-state index in [0.717, 1.165) is 38.2 Å².